The molecule has 0 aliphatic heterocycles. The smallest absolute Gasteiger partial charge is 0.0406 e. The molecule has 0 bridgehead atoms. The van der Waals surface area contributed by atoms with Crippen LogP contribution in [0.15, 0.2) is 24.3 Å². The molecule has 84 valence electrons. The van der Waals surface area contributed by atoms with E-state index in [1.54, 1.807) is 0 Å². The van der Waals surface area contributed by atoms with Crippen molar-refractivity contribution in [3.8, 4) is 0 Å². The topological polar surface area (TPSA) is 0 Å². The first-order valence-electron chi connectivity index (χ1n) is 6.03. The number of benzene rings is 1. The largest absolute Gasteiger partial charge is 0.0843 e. The van der Waals surface area contributed by atoms with Crippen LogP contribution in [0.1, 0.15) is 57.4 Å². The molecule has 0 saturated carbocycles. The first-order chi connectivity index (χ1) is 7.27. The van der Waals surface area contributed by atoms with E-state index in [4.69, 9.17) is 11.6 Å². The molecule has 0 nitrogen and oxygen atoms in total. The fourth-order valence-corrected chi connectivity index (χ4v) is 2.11. The minimum absolute atomic E-state index is 0.716. The van der Waals surface area contributed by atoms with Crippen molar-refractivity contribution in [3.63, 3.8) is 0 Å². The van der Waals surface area contributed by atoms with E-state index in [9.17, 15) is 0 Å². The summed E-state index contributed by atoms with van der Waals surface area (Å²) in [5, 5.41) is 0.835. The van der Waals surface area contributed by atoms with E-state index in [2.05, 4.69) is 26.0 Å². The number of hydrogen-bond acceptors (Lipinski definition) is 0. The Morgan fingerprint density at radius 1 is 1.07 bits per heavy atom. The van der Waals surface area contributed by atoms with Crippen LogP contribution in [0.25, 0.3) is 0 Å². The summed E-state index contributed by atoms with van der Waals surface area (Å²) in [4.78, 5) is 0. The van der Waals surface area contributed by atoms with E-state index in [1.807, 2.05) is 12.1 Å². The normalized spacial score (nSPS) is 12.7. The first kappa shape index (κ1) is 12.6. The van der Waals surface area contributed by atoms with Gasteiger partial charge in [0.25, 0.3) is 0 Å². The third-order valence-corrected chi connectivity index (χ3v) is 3.24. The second kappa shape index (κ2) is 6.90. The van der Waals surface area contributed by atoms with Crippen LogP contribution in [-0.2, 0) is 0 Å². The van der Waals surface area contributed by atoms with Crippen molar-refractivity contribution in [1.29, 1.82) is 0 Å². The third kappa shape index (κ3) is 4.25. The number of halogens is 1. The standard InChI is InChI=1S/C14H21Cl/c1-3-5-6-7-12(4-2)13-8-10-14(15)11-9-13/h8-12H,3-7H2,1-2H3. The van der Waals surface area contributed by atoms with E-state index in [0.29, 0.717) is 5.92 Å². The van der Waals surface area contributed by atoms with Gasteiger partial charge < -0.3 is 0 Å². The fourth-order valence-electron chi connectivity index (χ4n) is 1.98. The van der Waals surface area contributed by atoms with Gasteiger partial charge in [-0.25, -0.2) is 0 Å². The van der Waals surface area contributed by atoms with Gasteiger partial charge in [0.1, 0.15) is 0 Å². The minimum Gasteiger partial charge on any atom is -0.0843 e. The van der Waals surface area contributed by atoms with Gasteiger partial charge in [-0.2, -0.15) is 0 Å². The van der Waals surface area contributed by atoms with E-state index < -0.39 is 0 Å². The van der Waals surface area contributed by atoms with Gasteiger partial charge in [-0.1, -0.05) is 56.8 Å². The van der Waals surface area contributed by atoms with Crippen molar-refractivity contribution in [2.45, 2.75) is 51.9 Å². The number of hydrogen-bond donors (Lipinski definition) is 0. The van der Waals surface area contributed by atoms with Gasteiger partial charge in [-0.05, 0) is 36.5 Å². The molecule has 0 saturated heterocycles. The van der Waals surface area contributed by atoms with Gasteiger partial charge in [0.05, 0.1) is 0 Å². The van der Waals surface area contributed by atoms with Crippen LogP contribution in [0, 0.1) is 0 Å². The maximum absolute atomic E-state index is 5.89. The molecule has 0 fully saturated rings. The molecule has 1 atom stereocenters. The van der Waals surface area contributed by atoms with Gasteiger partial charge in [0.2, 0.25) is 0 Å². The lowest BCUT2D eigenvalue weighted by molar-refractivity contribution is 0.553. The Hall–Kier alpha value is -0.490. The molecule has 0 spiro atoms. The van der Waals surface area contributed by atoms with Gasteiger partial charge >= 0.3 is 0 Å². The highest BCUT2D eigenvalue weighted by molar-refractivity contribution is 6.30. The van der Waals surface area contributed by atoms with E-state index in [1.165, 1.54) is 37.7 Å². The molecule has 15 heavy (non-hydrogen) atoms. The predicted molar refractivity (Wildman–Crippen MR) is 68.6 cm³/mol. The molecule has 0 aromatic heterocycles. The number of rotatable bonds is 6. The molecule has 1 heteroatoms. The van der Waals surface area contributed by atoms with Crippen molar-refractivity contribution >= 4 is 11.6 Å². The molecule has 1 aromatic carbocycles. The van der Waals surface area contributed by atoms with Crippen LogP contribution in [0.3, 0.4) is 0 Å². The van der Waals surface area contributed by atoms with Gasteiger partial charge in [-0.15, -0.1) is 0 Å². The van der Waals surface area contributed by atoms with Crippen LogP contribution < -0.4 is 0 Å². The molecular formula is C14H21Cl. The van der Waals surface area contributed by atoms with Crippen molar-refractivity contribution in [2.24, 2.45) is 0 Å². The first-order valence-corrected chi connectivity index (χ1v) is 6.41. The van der Waals surface area contributed by atoms with Crippen molar-refractivity contribution in [2.75, 3.05) is 0 Å². The summed E-state index contributed by atoms with van der Waals surface area (Å²) in [7, 11) is 0. The second-order valence-corrected chi connectivity index (χ2v) is 4.59. The molecule has 0 amide bonds. The van der Waals surface area contributed by atoms with Gasteiger partial charge in [-0.3, -0.25) is 0 Å². The molecule has 0 aliphatic carbocycles. The highest BCUT2D eigenvalue weighted by atomic mass is 35.5. The average molecular weight is 225 g/mol. The maximum Gasteiger partial charge on any atom is 0.0406 e. The Morgan fingerprint density at radius 3 is 2.27 bits per heavy atom. The highest BCUT2D eigenvalue weighted by Crippen LogP contribution is 2.26. The molecule has 1 unspecified atom stereocenters. The third-order valence-electron chi connectivity index (χ3n) is 2.99. The maximum atomic E-state index is 5.89. The summed E-state index contributed by atoms with van der Waals surface area (Å²) < 4.78 is 0. The summed E-state index contributed by atoms with van der Waals surface area (Å²) >= 11 is 5.89. The Bertz CT molecular complexity index is 263. The zero-order valence-corrected chi connectivity index (χ0v) is 10.6. The summed E-state index contributed by atoms with van der Waals surface area (Å²) in [5.41, 5.74) is 1.44. The van der Waals surface area contributed by atoms with Gasteiger partial charge in [0.15, 0.2) is 0 Å². The quantitative estimate of drug-likeness (QED) is 0.567. The van der Waals surface area contributed by atoms with Crippen molar-refractivity contribution in [3.05, 3.63) is 34.9 Å². The van der Waals surface area contributed by atoms with Crippen LogP contribution in [0.2, 0.25) is 5.02 Å². The fraction of sp³-hybridized carbons (Fsp3) is 0.571. The summed E-state index contributed by atoms with van der Waals surface area (Å²) in [6.07, 6.45) is 6.54. The lowest BCUT2D eigenvalue weighted by atomic mass is 9.91. The Labute approximate surface area is 98.7 Å². The minimum atomic E-state index is 0.716. The average Bonchev–Trinajstić information content (AvgIpc) is 2.26. The van der Waals surface area contributed by atoms with E-state index >= 15 is 0 Å². The Kier molecular flexibility index (Phi) is 5.78. The summed E-state index contributed by atoms with van der Waals surface area (Å²) in [6, 6.07) is 8.34. The summed E-state index contributed by atoms with van der Waals surface area (Å²) in [5.74, 6) is 0.716. The zero-order chi connectivity index (χ0) is 11.1. The molecular weight excluding hydrogens is 204 g/mol. The zero-order valence-electron chi connectivity index (χ0n) is 9.80. The molecule has 0 N–H and O–H groups in total. The van der Waals surface area contributed by atoms with Crippen molar-refractivity contribution in [1.82, 2.24) is 0 Å². The lowest BCUT2D eigenvalue weighted by Gasteiger charge is -2.15. The van der Waals surface area contributed by atoms with Gasteiger partial charge in [0, 0.05) is 5.02 Å². The predicted octanol–water partition coefficient (Wildman–Crippen LogP) is 5.41. The monoisotopic (exact) mass is 224 g/mol. The highest BCUT2D eigenvalue weighted by Gasteiger charge is 2.08. The Balaban J connectivity index is 2.53. The molecule has 0 heterocycles. The van der Waals surface area contributed by atoms with Crippen LogP contribution in [-0.4, -0.2) is 0 Å². The number of unbranched alkanes of at least 4 members (excludes halogenated alkanes) is 2. The van der Waals surface area contributed by atoms with E-state index in [0.717, 1.165) is 5.02 Å². The molecule has 1 aromatic rings. The SMILES string of the molecule is CCCCCC(CC)c1ccc(Cl)cc1. The van der Waals surface area contributed by atoms with Crippen LogP contribution in [0.5, 0.6) is 0 Å². The van der Waals surface area contributed by atoms with Crippen LogP contribution in [0.4, 0.5) is 0 Å². The van der Waals surface area contributed by atoms with Crippen molar-refractivity contribution < 1.29 is 0 Å². The second-order valence-electron chi connectivity index (χ2n) is 4.15. The molecule has 1 rings (SSSR count). The lowest BCUT2D eigenvalue weighted by Crippen LogP contribution is -1.97. The van der Waals surface area contributed by atoms with E-state index in [-0.39, 0.29) is 0 Å². The molecule has 0 radical (unpaired) electrons. The van der Waals surface area contributed by atoms with Crippen LogP contribution >= 0.6 is 11.6 Å². The molecule has 0 aliphatic rings. The summed E-state index contributed by atoms with van der Waals surface area (Å²) in [6.45, 7) is 4.52. The Morgan fingerprint density at radius 2 is 1.73 bits per heavy atom.